The van der Waals surface area contributed by atoms with Crippen LogP contribution in [0.1, 0.15) is 27.0 Å². The number of anilines is 1. The van der Waals surface area contributed by atoms with Crippen LogP contribution in [0.5, 0.6) is 5.75 Å². The van der Waals surface area contributed by atoms with Crippen molar-refractivity contribution < 1.29 is 37.4 Å². The number of hydrogen-bond acceptors (Lipinski definition) is 6. The van der Waals surface area contributed by atoms with E-state index in [4.69, 9.17) is 4.74 Å². The number of rotatable bonds is 10. The Morgan fingerprint density at radius 2 is 1.61 bits per heavy atom. The number of carbonyl (C=O) groups is 3. The Bertz CT molecular complexity index is 1890. The average Bonchev–Trinajstić information content (AvgIpc) is 3.04. The highest BCUT2D eigenvalue weighted by Crippen LogP contribution is 2.35. The van der Waals surface area contributed by atoms with Crippen molar-refractivity contribution in [2.45, 2.75) is 19.1 Å². The first kappa shape index (κ1) is 31.6. The van der Waals surface area contributed by atoms with E-state index in [0.717, 1.165) is 22.7 Å². The molecule has 5 rings (SSSR count). The Labute approximate surface area is 261 Å². The number of halogens is 3. The second kappa shape index (κ2) is 13.5. The van der Waals surface area contributed by atoms with Crippen molar-refractivity contribution in [2.24, 2.45) is 0 Å². The summed E-state index contributed by atoms with van der Waals surface area (Å²) in [5, 5.41) is 12.0. The third kappa shape index (κ3) is 7.65. The van der Waals surface area contributed by atoms with Crippen LogP contribution in [0.15, 0.2) is 97.2 Å². The van der Waals surface area contributed by atoms with Gasteiger partial charge in [-0.15, -0.1) is 0 Å². The molecule has 0 radical (unpaired) electrons. The minimum absolute atomic E-state index is 0.0106. The van der Waals surface area contributed by atoms with Gasteiger partial charge in [0.15, 0.2) is 0 Å². The van der Waals surface area contributed by atoms with Gasteiger partial charge in [-0.05, 0) is 59.7 Å². The van der Waals surface area contributed by atoms with Gasteiger partial charge in [0, 0.05) is 23.4 Å². The number of carbonyl (C=O) groups excluding carboxylic acids is 2. The number of benzene rings is 4. The first-order chi connectivity index (χ1) is 22.0. The molecule has 234 valence electrons. The zero-order chi connectivity index (χ0) is 32.8. The Morgan fingerprint density at radius 3 is 2.26 bits per heavy atom. The van der Waals surface area contributed by atoms with Gasteiger partial charge in [-0.3, -0.25) is 19.4 Å². The van der Waals surface area contributed by atoms with Crippen LogP contribution in [0.2, 0.25) is 0 Å². The first-order valence-electron chi connectivity index (χ1n) is 14.0. The fourth-order valence-corrected chi connectivity index (χ4v) is 4.82. The number of para-hydroxylation sites is 2. The standard InChI is InChI=1S/C34H27F3N4O5/c1-46-26-15-12-24(27(17-26)34(35,36)37)16-31(42)39-25-13-10-23(11-14-25)33(45)41(20-32(43)44)19-21-6-8-22(9-7-21)30-18-38-28-4-2-3-5-29(28)40-30/h2-15,17-18H,16,19-20H2,1H3,(H,39,42)(H,43,44). The number of amides is 2. The molecule has 0 fully saturated rings. The van der Waals surface area contributed by atoms with Crippen molar-refractivity contribution >= 4 is 34.5 Å². The summed E-state index contributed by atoms with van der Waals surface area (Å²) in [6.45, 7) is -0.546. The van der Waals surface area contributed by atoms with Gasteiger partial charge >= 0.3 is 12.1 Å². The number of alkyl halides is 3. The highest BCUT2D eigenvalue weighted by molar-refractivity contribution is 5.97. The van der Waals surface area contributed by atoms with Gasteiger partial charge in [-0.1, -0.05) is 42.5 Å². The molecular weight excluding hydrogens is 601 g/mol. The second-order valence-corrected chi connectivity index (χ2v) is 10.3. The van der Waals surface area contributed by atoms with Gasteiger partial charge in [0.2, 0.25) is 5.91 Å². The topological polar surface area (TPSA) is 122 Å². The van der Waals surface area contributed by atoms with E-state index in [9.17, 15) is 32.7 Å². The van der Waals surface area contributed by atoms with Crippen molar-refractivity contribution in [1.29, 1.82) is 0 Å². The van der Waals surface area contributed by atoms with E-state index in [1.54, 1.807) is 18.3 Å². The number of ether oxygens (including phenoxy) is 1. The molecule has 5 aromatic rings. The molecule has 0 saturated carbocycles. The molecule has 12 heteroatoms. The van der Waals surface area contributed by atoms with Gasteiger partial charge in [-0.2, -0.15) is 13.2 Å². The van der Waals surface area contributed by atoms with Crippen molar-refractivity contribution in [3.05, 3.63) is 119 Å². The molecule has 0 saturated heterocycles. The lowest BCUT2D eigenvalue weighted by atomic mass is 10.0. The van der Waals surface area contributed by atoms with E-state index < -0.39 is 42.5 Å². The van der Waals surface area contributed by atoms with Crippen LogP contribution in [-0.4, -0.2) is 51.4 Å². The maximum atomic E-state index is 13.5. The minimum Gasteiger partial charge on any atom is -0.497 e. The smallest absolute Gasteiger partial charge is 0.416 e. The third-order valence-corrected chi connectivity index (χ3v) is 7.07. The van der Waals surface area contributed by atoms with E-state index in [1.165, 1.54) is 48.4 Å². The number of nitrogens with zero attached hydrogens (tertiary/aromatic N) is 3. The summed E-state index contributed by atoms with van der Waals surface area (Å²) in [6, 6.07) is 23.7. The fraction of sp³-hybridized carbons (Fsp3) is 0.147. The molecule has 0 aliphatic heterocycles. The van der Waals surface area contributed by atoms with Crippen LogP contribution in [0.4, 0.5) is 18.9 Å². The van der Waals surface area contributed by atoms with E-state index in [1.807, 2.05) is 36.4 Å². The zero-order valence-corrected chi connectivity index (χ0v) is 24.4. The zero-order valence-electron chi connectivity index (χ0n) is 24.4. The summed E-state index contributed by atoms with van der Waals surface area (Å²) in [5.74, 6) is -2.43. The van der Waals surface area contributed by atoms with Gasteiger partial charge in [0.25, 0.3) is 5.91 Å². The highest BCUT2D eigenvalue weighted by atomic mass is 19.4. The van der Waals surface area contributed by atoms with Crippen molar-refractivity contribution in [3.63, 3.8) is 0 Å². The lowest BCUT2D eigenvalue weighted by Crippen LogP contribution is -2.35. The van der Waals surface area contributed by atoms with Crippen molar-refractivity contribution in [1.82, 2.24) is 14.9 Å². The number of aromatic nitrogens is 2. The van der Waals surface area contributed by atoms with Gasteiger partial charge in [0.05, 0.1) is 42.0 Å². The maximum Gasteiger partial charge on any atom is 0.416 e. The number of nitrogens with one attached hydrogen (secondary N) is 1. The van der Waals surface area contributed by atoms with E-state index in [-0.39, 0.29) is 29.1 Å². The normalized spacial score (nSPS) is 11.2. The summed E-state index contributed by atoms with van der Waals surface area (Å²) in [7, 11) is 1.25. The molecule has 46 heavy (non-hydrogen) atoms. The molecule has 0 atom stereocenters. The van der Waals surface area contributed by atoms with Crippen molar-refractivity contribution in [2.75, 3.05) is 19.0 Å². The number of fused-ring (bicyclic) bond motifs is 1. The molecule has 0 aliphatic rings. The van der Waals surface area contributed by atoms with Crippen LogP contribution in [0.25, 0.3) is 22.3 Å². The van der Waals surface area contributed by atoms with E-state index in [0.29, 0.717) is 11.3 Å². The largest absolute Gasteiger partial charge is 0.497 e. The Balaban J connectivity index is 1.25. The predicted molar refractivity (Wildman–Crippen MR) is 164 cm³/mol. The average molecular weight is 629 g/mol. The van der Waals surface area contributed by atoms with Gasteiger partial charge < -0.3 is 20.1 Å². The molecule has 0 spiro atoms. The number of methoxy groups -OCH3 is 1. The lowest BCUT2D eigenvalue weighted by Gasteiger charge is -2.21. The number of carboxylic acids is 1. The molecule has 1 heterocycles. The van der Waals surface area contributed by atoms with Crippen LogP contribution in [0, 0.1) is 0 Å². The molecule has 0 unspecified atom stereocenters. The van der Waals surface area contributed by atoms with Crippen molar-refractivity contribution in [3.8, 4) is 17.0 Å². The first-order valence-corrected chi connectivity index (χ1v) is 14.0. The molecule has 0 bridgehead atoms. The summed E-state index contributed by atoms with van der Waals surface area (Å²) in [6.07, 6.45) is -3.55. The summed E-state index contributed by atoms with van der Waals surface area (Å²) in [4.78, 5) is 47.7. The SMILES string of the molecule is COc1ccc(CC(=O)Nc2ccc(C(=O)N(CC(=O)O)Cc3ccc(-c4cnc5ccccc5n4)cc3)cc2)c(C(F)(F)F)c1. The van der Waals surface area contributed by atoms with Crippen LogP contribution in [0.3, 0.4) is 0 Å². The predicted octanol–water partition coefficient (Wildman–Crippen LogP) is 6.23. The fourth-order valence-electron chi connectivity index (χ4n) is 4.82. The highest BCUT2D eigenvalue weighted by Gasteiger charge is 2.34. The quantitative estimate of drug-likeness (QED) is 0.188. The number of carboxylic acid groups (broad SMARTS) is 1. The molecule has 1 aromatic heterocycles. The molecule has 4 aromatic carbocycles. The van der Waals surface area contributed by atoms with Gasteiger partial charge in [0.1, 0.15) is 12.3 Å². The monoisotopic (exact) mass is 628 g/mol. The summed E-state index contributed by atoms with van der Waals surface area (Å²) in [5.41, 5.74) is 2.90. The summed E-state index contributed by atoms with van der Waals surface area (Å²) >= 11 is 0. The van der Waals surface area contributed by atoms with Gasteiger partial charge in [-0.25, -0.2) is 4.98 Å². The lowest BCUT2D eigenvalue weighted by molar-refractivity contribution is -0.139. The Morgan fingerprint density at radius 1 is 0.913 bits per heavy atom. The summed E-state index contributed by atoms with van der Waals surface area (Å²) < 4.78 is 45.4. The van der Waals surface area contributed by atoms with Crippen LogP contribution < -0.4 is 10.1 Å². The van der Waals surface area contributed by atoms with E-state index in [2.05, 4.69) is 15.3 Å². The molecule has 2 amide bonds. The van der Waals surface area contributed by atoms with Crippen LogP contribution >= 0.6 is 0 Å². The third-order valence-electron chi connectivity index (χ3n) is 7.07. The molecule has 9 nitrogen and oxygen atoms in total. The number of aliphatic carboxylic acids is 1. The number of hydrogen-bond donors (Lipinski definition) is 2. The minimum atomic E-state index is -4.68. The maximum absolute atomic E-state index is 13.5. The molecular formula is C34H27F3N4O5. The van der Waals surface area contributed by atoms with Crippen LogP contribution in [-0.2, 0) is 28.7 Å². The Hall–Kier alpha value is -5.78. The Kier molecular flexibility index (Phi) is 9.26. The van der Waals surface area contributed by atoms with E-state index >= 15 is 0 Å². The second-order valence-electron chi connectivity index (χ2n) is 10.3. The molecule has 0 aliphatic carbocycles. The molecule has 2 N–H and O–H groups in total.